The number of pyridine rings is 1. The summed E-state index contributed by atoms with van der Waals surface area (Å²) >= 11 is 0. The van der Waals surface area contributed by atoms with Crippen molar-refractivity contribution in [3.05, 3.63) is 27.9 Å². The topological polar surface area (TPSA) is 80.5 Å². The zero-order chi connectivity index (χ0) is 15.5. The Kier molecular flexibility index (Phi) is 4.74. The molecule has 1 aliphatic heterocycles. The number of aryl methyl sites for hydroxylation is 1. The van der Waals surface area contributed by atoms with Crippen molar-refractivity contribution in [3.8, 4) is 0 Å². The van der Waals surface area contributed by atoms with Gasteiger partial charge in [0.05, 0.1) is 4.92 Å². The first-order valence-corrected chi connectivity index (χ1v) is 7.05. The standard InChI is InChI=1S/C14H22N4O3/c1-11-8-13(15-9-12(11)18(19)20)16-10-14(17(2)3)4-6-21-7-5-14/h8-9H,4-7,10H2,1-3H3,(H,15,16). The van der Waals surface area contributed by atoms with Crippen LogP contribution in [0.4, 0.5) is 11.5 Å². The molecule has 0 unspecified atom stereocenters. The van der Waals surface area contributed by atoms with Crippen LogP contribution in [0, 0.1) is 17.0 Å². The highest BCUT2D eigenvalue weighted by Gasteiger charge is 2.34. The van der Waals surface area contributed by atoms with Crippen molar-refractivity contribution in [3.63, 3.8) is 0 Å². The summed E-state index contributed by atoms with van der Waals surface area (Å²) in [4.78, 5) is 16.7. The van der Waals surface area contributed by atoms with Gasteiger partial charge in [0.1, 0.15) is 12.0 Å². The van der Waals surface area contributed by atoms with E-state index < -0.39 is 4.92 Å². The average molecular weight is 294 g/mol. The van der Waals surface area contributed by atoms with E-state index in [-0.39, 0.29) is 11.2 Å². The Morgan fingerprint density at radius 3 is 2.67 bits per heavy atom. The summed E-state index contributed by atoms with van der Waals surface area (Å²) < 4.78 is 5.44. The smallest absolute Gasteiger partial charge is 0.290 e. The molecule has 7 heteroatoms. The van der Waals surface area contributed by atoms with Gasteiger partial charge in [-0.25, -0.2) is 4.98 Å². The highest BCUT2D eigenvalue weighted by molar-refractivity contribution is 5.47. The molecule has 21 heavy (non-hydrogen) atoms. The van der Waals surface area contributed by atoms with Crippen LogP contribution in [0.3, 0.4) is 0 Å². The normalized spacial score (nSPS) is 17.7. The molecular formula is C14H22N4O3. The van der Waals surface area contributed by atoms with Gasteiger partial charge < -0.3 is 15.0 Å². The largest absolute Gasteiger partial charge is 0.381 e. The third kappa shape index (κ3) is 3.48. The molecule has 1 N–H and O–H groups in total. The second-order valence-electron chi connectivity index (χ2n) is 5.70. The molecule has 0 bridgehead atoms. The Bertz CT molecular complexity index is 513. The minimum atomic E-state index is -0.411. The number of anilines is 1. The number of likely N-dealkylation sites (N-methyl/N-ethyl adjacent to an activating group) is 1. The molecule has 0 spiro atoms. The van der Waals surface area contributed by atoms with Crippen LogP contribution < -0.4 is 5.32 Å². The number of nitro groups is 1. The average Bonchev–Trinajstić information content (AvgIpc) is 2.45. The number of hydrogen-bond donors (Lipinski definition) is 1. The fourth-order valence-corrected chi connectivity index (χ4v) is 2.63. The summed E-state index contributed by atoms with van der Waals surface area (Å²) in [5.74, 6) is 0.672. The van der Waals surface area contributed by atoms with Gasteiger partial charge in [0.25, 0.3) is 5.69 Å². The van der Waals surface area contributed by atoms with Crippen LogP contribution in [0.1, 0.15) is 18.4 Å². The second-order valence-corrected chi connectivity index (χ2v) is 5.70. The molecule has 0 aromatic carbocycles. The zero-order valence-corrected chi connectivity index (χ0v) is 12.8. The number of rotatable bonds is 5. The lowest BCUT2D eigenvalue weighted by molar-refractivity contribution is -0.385. The van der Waals surface area contributed by atoms with Crippen LogP contribution in [0.2, 0.25) is 0 Å². The van der Waals surface area contributed by atoms with Crippen LogP contribution >= 0.6 is 0 Å². The fourth-order valence-electron chi connectivity index (χ4n) is 2.63. The first kappa shape index (κ1) is 15.7. The predicted octanol–water partition coefficient (Wildman–Crippen LogP) is 1.82. The SMILES string of the molecule is Cc1cc(NCC2(N(C)C)CCOCC2)ncc1[N+](=O)[O-]. The van der Waals surface area contributed by atoms with Crippen LogP contribution in [0.25, 0.3) is 0 Å². The van der Waals surface area contributed by atoms with E-state index in [2.05, 4.69) is 29.3 Å². The van der Waals surface area contributed by atoms with Crippen molar-refractivity contribution >= 4 is 11.5 Å². The fraction of sp³-hybridized carbons (Fsp3) is 0.643. The van der Waals surface area contributed by atoms with Crippen LogP contribution in [0.15, 0.2) is 12.3 Å². The van der Waals surface area contributed by atoms with E-state index in [9.17, 15) is 10.1 Å². The molecule has 0 atom stereocenters. The Morgan fingerprint density at radius 1 is 1.48 bits per heavy atom. The summed E-state index contributed by atoms with van der Waals surface area (Å²) in [5, 5.41) is 14.1. The summed E-state index contributed by atoms with van der Waals surface area (Å²) in [5.41, 5.74) is 0.701. The minimum Gasteiger partial charge on any atom is -0.381 e. The quantitative estimate of drug-likeness (QED) is 0.659. The molecule has 2 heterocycles. The summed E-state index contributed by atoms with van der Waals surface area (Å²) in [7, 11) is 4.14. The molecule has 1 aliphatic rings. The van der Waals surface area contributed by atoms with Gasteiger partial charge in [0, 0.05) is 30.9 Å². The van der Waals surface area contributed by atoms with E-state index in [0.717, 1.165) is 32.6 Å². The Hall–Kier alpha value is -1.73. The predicted molar refractivity (Wildman–Crippen MR) is 80.6 cm³/mol. The maximum atomic E-state index is 10.8. The Morgan fingerprint density at radius 2 is 2.14 bits per heavy atom. The van der Waals surface area contributed by atoms with Crippen molar-refractivity contribution in [2.45, 2.75) is 25.3 Å². The van der Waals surface area contributed by atoms with Gasteiger partial charge in [0.15, 0.2) is 0 Å². The van der Waals surface area contributed by atoms with E-state index >= 15 is 0 Å². The van der Waals surface area contributed by atoms with E-state index in [0.29, 0.717) is 11.4 Å². The monoisotopic (exact) mass is 294 g/mol. The molecule has 1 aromatic rings. The molecule has 1 aromatic heterocycles. The van der Waals surface area contributed by atoms with Crippen LogP contribution in [-0.2, 0) is 4.74 Å². The molecule has 0 aliphatic carbocycles. The summed E-state index contributed by atoms with van der Waals surface area (Å²) in [6.45, 7) is 3.98. The van der Waals surface area contributed by atoms with E-state index in [4.69, 9.17) is 4.74 Å². The maximum absolute atomic E-state index is 10.8. The number of nitrogens with one attached hydrogen (secondary N) is 1. The molecule has 0 amide bonds. The minimum absolute atomic E-state index is 0.0373. The number of hydrogen-bond acceptors (Lipinski definition) is 6. The van der Waals surface area contributed by atoms with Gasteiger partial charge in [-0.2, -0.15) is 0 Å². The number of aromatic nitrogens is 1. The van der Waals surface area contributed by atoms with Gasteiger partial charge in [-0.05, 0) is 39.9 Å². The number of ether oxygens (including phenoxy) is 1. The molecule has 7 nitrogen and oxygen atoms in total. The van der Waals surface area contributed by atoms with Crippen LogP contribution in [0.5, 0.6) is 0 Å². The summed E-state index contributed by atoms with van der Waals surface area (Å²) in [6, 6.07) is 1.72. The van der Waals surface area contributed by atoms with Gasteiger partial charge in [-0.1, -0.05) is 0 Å². The lowest BCUT2D eigenvalue weighted by Gasteiger charge is -2.43. The van der Waals surface area contributed by atoms with Crippen molar-refractivity contribution in [2.24, 2.45) is 0 Å². The lowest BCUT2D eigenvalue weighted by atomic mass is 9.88. The van der Waals surface area contributed by atoms with Crippen molar-refractivity contribution in [1.82, 2.24) is 9.88 Å². The van der Waals surface area contributed by atoms with E-state index in [1.54, 1.807) is 13.0 Å². The first-order chi connectivity index (χ1) is 9.94. The molecular weight excluding hydrogens is 272 g/mol. The molecule has 1 fully saturated rings. The molecule has 116 valence electrons. The second kappa shape index (κ2) is 6.36. The van der Waals surface area contributed by atoms with Gasteiger partial charge in [0.2, 0.25) is 0 Å². The van der Waals surface area contributed by atoms with Gasteiger partial charge >= 0.3 is 0 Å². The Balaban J connectivity index is 2.07. The third-order valence-electron chi connectivity index (χ3n) is 4.25. The van der Waals surface area contributed by atoms with Crippen molar-refractivity contribution in [1.29, 1.82) is 0 Å². The van der Waals surface area contributed by atoms with Gasteiger partial charge in [-0.15, -0.1) is 0 Å². The van der Waals surface area contributed by atoms with Crippen molar-refractivity contribution < 1.29 is 9.66 Å². The van der Waals surface area contributed by atoms with Crippen LogP contribution in [-0.4, -0.2) is 54.2 Å². The highest BCUT2D eigenvalue weighted by atomic mass is 16.6. The highest BCUT2D eigenvalue weighted by Crippen LogP contribution is 2.27. The van der Waals surface area contributed by atoms with E-state index in [1.165, 1.54) is 6.20 Å². The molecule has 1 saturated heterocycles. The van der Waals surface area contributed by atoms with Gasteiger partial charge in [-0.3, -0.25) is 10.1 Å². The molecule has 0 radical (unpaired) electrons. The van der Waals surface area contributed by atoms with E-state index in [1.807, 2.05) is 0 Å². The molecule has 0 saturated carbocycles. The maximum Gasteiger partial charge on any atom is 0.290 e. The zero-order valence-electron chi connectivity index (χ0n) is 12.8. The summed E-state index contributed by atoms with van der Waals surface area (Å²) in [6.07, 6.45) is 3.22. The first-order valence-electron chi connectivity index (χ1n) is 7.05. The van der Waals surface area contributed by atoms with Crippen molar-refractivity contribution in [2.75, 3.05) is 39.2 Å². The Labute approximate surface area is 124 Å². The number of nitrogens with zero attached hydrogens (tertiary/aromatic N) is 3. The molecule has 2 rings (SSSR count). The third-order valence-corrected chi connectivity index (χ3v) is 4.25. The lowest BCUT2D eigenvalue weighted by Crippen LogP contribution is -2.53.